The van der Waals surface area contributed by atoms with Gasteiger partial charge in [-0.05, 0) is 45.7 Å². The Morgan fingerprint density at radius 1 is 1.41 bits per heavy atom. The molecular formula is C17H11BrClFN4O2S. The van der Waals surface area contributed by atoms with Crippen LogP contribution in [0.5, 0.6) is 0 Å². The fourth-order valence-electron chi connectivity index (χ4n) is 2.20. The van der Waals surface area contributed by atoms with Crippen molar-refractivity contribution in [2.24, 2.45) is 0 Å². The molecule has 0 bridgehead atoms. The summed E-state index contributed by atoms with van der Waals surface area (Å²) in [6.45, 7) is 3.47. The Labute approximate surface area is 171 Å². The number of nitrogens with zero attached hydrogens (tertiary/aromatic N) is 3. The number of ether oxygens (including phenoxy) is 1. The van der Waals surface area contributed by atoms with Gasteiger partial charge in [0, 0.05) is 11.8 Å². The largest absolute Gasteiger partial charge is 0.445 e. The molecule has 0 saturated heterocycles. The van der Waals surface area contributed by atoms with Crippen molar-refractivity contribution < 1.29 is 13.9 Å². The summed E-state index contributed by atoms with van der Waals surface area (Å²) in [5.74, 6) is -0.646. The Hall–Kier alpha value is -2.36. The Kier molecular flexibility index (Phi) is 6.15. The predicted octanol–water partition coefficient (Wildman–Crippen LogP) is 5.56. The molecule has 0 atom stereocenters. The Balaban J connectivity index is 2.02. The van der Waals surface area contributed by atoms with Crippen LogP contribution in [0, 0.1) is 5.82 Å². The summed E-state index contributed by atoms with van der Waals surface area (Å²) in [6, 6.07) is 6.24. The molecule has 1 amide bonds. The second kappa shape index (κ2) is 8.55. The van der Waals surface area contributed by atoms with Crippen molar-refractivity contribution in [3.8, 4) is 21.8 Å². The normalized spacial score (nSPS) is 10.5. The van der Waals surface area contributed by atoms with Crippen molar-refractivity contribution in [2.45, 2.75) is 0 Å². The number of carbonyl (C=O) groups excluding carboxylic acids is 1. The monoisotopic (exact) mass is 468 g/mol. The van der Waals surface area contributed by atoms with E-state index in [0.717, 1.165) is 0 Å². The molecule has 3 rings (SSSR count). The molecule has 0 fully saturated rings. The summed E-state index contributed by atoms with van der Waals surface area (Å²) >= 11 is 10.5. The molecule has 138 valence electrons. The molecule has 2 aromatic heterocycles. The minimum Gasteiger partial charge on any atom is -0.445 e. The Bertz CT molecular complexity index is 1010. The fraction of sp³-hybridized carbons (Fsp3) is 0.0588. The van der Waals surface area contributed by atoms with Crippen LogP contribution >= 0.6 is 38.9 Å². The second-order valence-electron chi connectivity index (χ2n) is 5.03. The maximum atomic E-state index is 15.0. The van der Waals surface area contributed by atoms with Crippen molar-refractivity contribution in [1.29, 1.82) is 0 Å². The first-order valence-electron chi connectivity index (χ1n) is 7.48. The zero-order valence-corrected chi connectivity index (χ0v) is 16.7. The van der Waals surface area contributed by atoms with Crippen molar-refractivity contribution >= 4 is 50.6 Å². The van der Waals surface area contributed by atoms with Gasteiger partial charge in [-0.2, -0.15) is 0 Å². The zero-order valence-electron chi connectivity index (χ0n) is 13.6. The molecule has 6 nitrogen and oxygen atoms in total. The number of amides is 1. The van der Waals surface area contributed by atoms with Crippen molar-refractivity contribution in [2.75, 3.05) is 11.9 Å². The van der Waals surface area contributed by atoms with Gasteiger partial charge in [0.05, 0.1) is 22.0 Å². The SMILES string of the molecule is C=CCOC(=O)Nc1cccc(-c2nc(Br)sc2-c2ccnc(Cl)n2)c1F. The van der Waals surface area contributed by atoms with E-state index in [-0.39, 0.29) is 23.1 Å². The minimum atomic E-state index is -0.784. The predicted molar refractivity (Wildman–Crippen MR) is 106 cm³/mol. The third-order valence-corrected chi connectivity index (χ3v) is 4.99. The summed E-state index contributed by atoms with van der Waals surface area (Å²) in [6.07, 6.45) is 2.14. The lowest BCUT2D eigenvalue weighted by Crippen LogP contribution is -2.14. The van der Waals surface area contributed by atoms with Gasteiger partial charge in [0.2, 0.25) is 5.28 Å². The van der Waals surface area contributed by atoms with Crippen molar-refractivity contribution in [3.05, 3.63) is 58.1 Å². The van der Waals surface area contributed by atoms with Crippen LogP contribution in [0.25, 0.3) is 21.8 Å². The molecule has 10 heteroatoms. The molecule has 3 aromatic rings. The molecular weight excluding hydrogens is 459 g/mol. The fourth-order valence-corrected chi connectivity index (χ4v) is 3.79. The summed E-state index contributed by atoms with van der Waals surface area (Å²) in [5.41, 5.74) is 1.04. The molecule has 0 saturated carbocycles. The summed E-state index contributed by atoms with van der Waals surface area (Å²) in [5, 5.41) is 2.44. The van der Waals surface area contributed by atoms with Crippen LogP contribution in [-0.2, 0) is 4.74 Å². The van der Waals surface area contributed by atoms with Crippen LogP contribution in [0.3, 0.4) is 0 Å². The Morgan fingerprint density at radius 3 is 2.96 bits per heavy atom. The van der Waals surface area contributed by atoms with Crippen LogP contribution in [0.4, 0.5) is 14.9 Å². The van der Waals surface area contributed by atoms with Gasteiger partial charge < -0.3 is 4.74 Å². The van der Waals surface area contributed by atoms with Crippen molar-refractivity contribution in [1.82, 2.24) is 15.0 Å². The lowest BCUT2D eigenvalue weighted by molar-refractivity contribution is 0.174. The highest BCUT2D eigenvalue weighted by atomic mass is 79.9. The van der Waals surface area contributed by atoms with E-state index >= 15 is 4.39 Å². The minimum absolute atomic E-state index is 0.0186. The number of aromatic nitrogens is 3. The highest BCUT2D eigenvalue weighted by Crippen LogP contribution is 2.40. The average Bonchev–Trinajstić information content (AvgIpc) is 3.03. The van der Waals surface area contributed by atoms with Crippen LogP contribution in [-0.4, -0.2) is 27.7 Å². The van der Waals surface area contributed by atoms with E-state index in [0.29, 0.717) is 20.2 Å². The van der Waals surface area contributed by atoms with Gasteiger partial charge in [0.1, 0.15) is 6.61 Å². The number of carbonyl (C=O) groups is 1. The Morgan fingerprint density at radius 2 is 2.22 bits per heavy atom. The van der Waals surface area contributed by atoms with Crippen LogP contribution in [0.15, 0.2) is 47.0 Å². The molecule has 0 aliphatic carbocycles. The van der Waals surface area contributed by atoms with E-state index in [4.69, 9.17) is 16.3 Å². The van der Waals surface area contributed by atoms with Gasteiger partial charge in [-0.15, -0.1) is 11.3 Å². The summed E-state index contributed by atoms with van der Waals surface area (Å²) < 4.78 is 20.4. The van der Waals surface area contributed by atoms with Crippen LogP contribution < -0.4 is 5.32 Å². The topological polar surface area (TPSA) is 77.0 Å². The van der Waals surface area contributed by atoms with E-state index < -0.39 is 11.9 Å². The molecule has 0 aliphatic heterocycles. The van der Waals surface area contributed by atoms with Gasteiger partial charge in [-0.25, -0.2) is 24.1 Å². The number of nitrogens with one attached hydrogen (secondary N) is 1. The highest BCUT2D eigenvalue weighted by Gasteiger charge is 2.20. The first-order chi connectivity index (χ1) is 13.0. The average molecular weight is 470 g/mol. The van der Waals surface area contributed by atoms with E-state index in [9.17, 15) is 4.79 Å². The summed E-state index contributed by atoms with van der Waals surface area (Å²) in [7, 11) is 0. The smallest absolute Gasteiger partial charge is 0.412 e. The van der Waals surface area contributed by atoms with Crippen LogP contribution in [0.1, 0.15) is 0 Å². The standard InChI is InChI=1S/C17H11BrClFN4O2S/c1-2-8-26-17(25)23-10-5-3-4-9(12(10)20)13-14(27-15(18)24-13)11-6-7-21-16(19)22-11/h2-7H,1,8H2,(H,23,25). The highest BCUT2D eigenvalue weighted by molar-refractivity contribution is 9.11. The molecule has 2 heterocycles. The number of thiazole rings is 1. The third kappa shape index (κ3) is 4.49. The van der Waals surface area contributed by atoms with E-state index in [2.05, 4.69) is 42.8 Å². The van der Waals surface area contributed by atoms with Gasteiger partial charge in [-0.1, -0.05) is 18.7 Å². The van der Waals surface area contributed by atoms with E-state index in [1.165, 1.54) is 29.7 Å². The first kappa shape index (κ1) is 19.4. The second-order valence-corrected chi connectivity index (χ2v) is 7.65. The number of anilines is 1. The molecule has 0 aliphatic rings. The molecule has 0 radical (unpaired) electrons. The zero-order chi connectivity index (χ0) is 19.4. The van der Waals surface area contributed by atoms with Crippen molar-refractivity contribution in [3.63, 3.8) is 0 Å². The first-order valence-corrected chi connectivity index (χ1v) is 9.47. The summed E-state index contributed by atoms with van der Waals surface area (Å²) in [4.78, 5) is 24.7. The van der Waals surface area contributed by atoms with Crippen LogP contribution in [0.2, 0.25) is 5.28 Å². The number of hydrogen-bond donors (Lipinski definition) is 1. The number of hydrogen-bond acceptors (Lipinski definition) is 6. The number of halogens is 3. The maximum absolute atomic E-state index is 15.0. The third-order valence-electron chi connectivity index (χ3n) is 3.28. The van der Waals surface area contributed by atoms with Gasteiger partial charge in [0.25, 0.3) is 0 Å². The number of rotatable bonds is 5. The number of benzene rings is 1. The lowest BCUT2D eigenvalue weighted by atomic mass is 10.1. The maximum Gasteiger partial charge on any atom is 0.412 e. The molecule has 0 unspecified atom stereocenters. The lowest BCUT2D eigenvalue weighted by Gasteiger charge is -2.10. The molecule has 0 spiro atoms. The molecule has 1 aromatic carbocycles. The molecule has 1 N–H and O–H groups in total. The van der Waals surface area contributed by atoms with E-state index in [1.54, 1.807) is 18.2 Å². The van der Waals surface area contributed by atoms with Gasteiger partial charge in [0.15, 0.2) is 9.73 Å². The quantitative estimate of drug-likeness (QED) is 0.391. The molecule has 27 heavy (non-hydrogen) atoms. The van der Waals surface area contributed by atoms with Gasteiger partial charge >= 0.3 is 6.09 Å². The van der Waals surface area contributed by atoms with Gasteiger partial charge in [-0.3, -0.25) is 5.32 Å². The van der Waals surface area contributed by atoms with E-state index in [1.807, 2.05) is 0 Å².